The van der Waals surface area contributed by atoms with Crippen LogP contribution in [0.1, 0.15) is 12.5 Å². The fourth-order valence-corrected chi connectivity index (χ4v) is 1.95. The molecule has 1 rings (SSSR count). The lowest BCUT2D eigenvalue weighted by Gasteiger charge is -2.12. The smallest absolute Gasteiger partial charge is 0.392 e. The van der Waals surface area contributed by atoms with Crippen molar-refractivity contribution >= 4 is 21.6 Å². The third kappa shape index (κ3) is 5.80. The summed E-state index contributed by atoms with van der Waals surface area (Å²) in [7, 11) is 0. The number of nitrogens with one attached hydrogen (secondary N) is 2. The zero-order chi connectivity index (χ0) is 14.5. The van der Waals surface area contributed by atoms with E-state index in [2.05, 4.69) is 26.6 Å². The molecule has 3 nitrogen and oxygen atoms in total. The van der Waals surface area contributed by atoms with Crippen LogP contribution < -0.4 is 10.6 Å². The van der Waals surface area contributed by atoms with Gasteiger partial charge in [0, 0.05) is 29.8 Å². The second kappa shape index (κ2) is 7.12. The van der Waals surface area contributed by atoms with E-state index in [4.69, 9.17) is 5.11 Å². The summed E-state index contributed by atoms with van der Waals surface area (Å²) in [6.07, 6.45) is -4.75. The second-order valence-corrected chi connectivity index (χ2v) is 5.03. The van der Waals surface area contributed by atoms with Crippen molar-refractivity contribution in [3.05, 3.63) is 28.2 Å². The Bertz CT molecular complexity index is 410. The number of benzene rings is 1. The van der Waals surface area contributed by atoms with Crippen LogP contribution in [0.2, 0.25) is 0 Å². The van der Waals surface area contributed by atoms with Crippen LogP contribution in [0.5, 0.6) is 0 Å². The van der Waals surface area contributed by atoms with Gasteiger partial charge < -0.3 is 15.7 Å². The van der Waals surface area contributed by atoms with Crippen molar-refractivity contribution in [3.63, 3.8) is 0 Å². The second-order valence-electron chi connectivity index (χ2n) is 4.17. The quantitative estimate of drug-likeness (QED) is 0.698. The lowest BCUT2D eigenvalue weighted by atomic mass is 10.2. The molecule has 0 aromatic heterocycles. The number of anilines is 1. The minimum absolute atomic E-state index is 0.373. The Labute approximate surface area is 118 Å². The molecule has 0 heterocycles. The summed E-state index contributed by atoms with van der Waals surface area (Å²) >= 11 is 3.11. The summed E-state index contributed by atoms with van der Waals surface area (Å²) in [5.41, 5.74) is -0.0796. The van der Waals surface area contributed by atoms with Crippen molar-refractivity contribution in [3.8, 4) is 0 Å². The summed E-state index contributed by atoms with van der Waals surface area (Å²) in [4.78, 5) is 0. The maximum atomic E-state index is 12.5. The molecular formula is C12H16BrF3N2O. The highest BCUT2D eigenvalue weighted by atomic mass is 79.9. The van der Waals surface area contributed by atoms with Crippen molar-refractivity contribution in [1.29, 1.82) is 0 Å². The first kappa shape index (κ1) is 16.3. The van der Waals surface area contributed by atoms with Gasteiger partial charge in [-0.3, -0.25) is 0 Å². The number of hydrogen-bond acceptors (Lipinski definition) is 3. The normalized spacial score (nSPS) is 13.4. The molecular weight excluding hydrogens is 325 g/mol. The molecule has 0 bridgehead atoms. The van der Waals surface area contributed by atoms with Gasteiger partial charge in [0.05, 0.1) is 11.7 Å². The summed E-state index contributed by atoms with van der Waals surface area (Å²) in [5.74, 6) is 0. The molecule has 0 saturated heterocycles. The molecule has 1 atom stereocenters. The molecule has 19 heavy (non-hydrogen) atoms. The summed E-state index contributed by atoms with van der Waals surface area (Å²) in [5, 5.41) is 15.0. The van der Waals surface area contributed by atoms with Gasteiger partial charge in [-0.2, -0.15) is 13.2 Å². The van der Waals surface area contributed by atoms with Gasteiger partial charge in [-0.15, -0.1) is 0 Å². The summed E-state index contributed by atoms with van der Waals surface area (Å²) < 4.78 is 37.7. The third-order valence-corrected chi connectivity index (χ3v) is 3.01. The fraction of sp³-hybridized carbons (Fsp3) is 0.500. The molecule has 3 N–H and O–H groups in total. The lowest BCUT2D eigenvalue weighted by molar-refractivity contribution is -0.137. The Morgan fingerprint density at radius 1 is 1.32 bits per heavy atom. The van der Waals surface area contributed by atoms with E-state index in [-0.39, 0.29) is 0 Å². The van der Waals surface area contributed by atoms with E-state index < -0.39 is 17.8 Å². The van der Waals surface area contributed by atoms with Gasteiger partial charge in [-0.05, 0) is 41.1 Å². The van der Waals surface area contributed by atoms with E-state index in [0.29, 0.717) is 29.8 Å². The van der Waals surface area contributed by atoms with Gasteiger partial charge >= 0.3 is 6.18 Å². The Morgan fingerprint density at radius 2 is 2.00 bits per heavy atom. The fourth-order valence-electron chi connectivity index (χ4n) is 1.43. The van der Waals surface area contributed by atoms with Gasteiger partial charge in [-0.1, -0.05) is 0 Å². The van der Waals surface area contributed by atoms with Gasteiger partial charge in [0.25, 0.3) is 0 Å². The number of alkyl halides is 3. The highest BCUT2D eigenvalue weighted by Crippen LogP contribution is 2.33. The molecule has 0 saturated carbocycles. The third-order valence-electron chi connectivity index (χ3n) is 2.35. The molecule has 0 amide bonds. The predicted octanol–water partition coefficient (Wildman–Crippen LogP) is 2.85. The maximum Gasteiger partial charge on any atom is 0.416 e. The number of hydrogen-bond donors (Lipinski definition) is 3. The van der Waals surface area contributed by atoms with E-state index in [1.165, 1.54) is 6.07 Å². The molecule has 0 aliphatic rings. The first-order chi connectivity index (χ1) is 8.80. The van der Waals surface area contributed by atoms with Gasteiger partial charge in [0.2, 0.25) is 0 Å². The van der Waals surface area contributed by atoms with Crippen LogP contribution in [-0.2, 0) is 6.18 Å². The molecule has 0 aliphatic heterocycles. The largest absolute Gasteiger partial charge is 0.416 e. The molecule has 0 aliphatic carbocycles. The predicted molar refractivity (Wildman–Crippen MR) is 72.2 cm³/mol. The number of rotatable bonds is 6. The van der Waals surface area contributed by atoms with Crippen LogP contribution in [0.15, 0.2) is 22.7 Å². The van der Waals surface area contributed by atoms with E-state index in [0.717, 1.165) is 12.1 Å². The van der Waals surface area contributed by atoms with Crippen LogP contribution in [0.25, 0.3) is 0 Å². The van der Waals surface area contributed by atoms with E-state index >= 15 is 0 Å². The molecule has 0 spiro atoms. The number of halogens is 4. The Kier molecular flexibility index (Phi) is 6.09. The Balaban J connectivity index is 2.47. The number of aliphatic hydroxyl groups excluding tert-OH is 1. The lowest BCUT2D eigenvalue weighted by Crippen LogP contribution is -2.29. The molecule has 7 heteroatoms. The van der Waals surface area contributed by atoms with Crippen LogP contribution in [-0.4, -0.2) is 30.8 Å². The number of aliphatic hydroxyl groups is 1. The van der Waals surface area contributed by atoms with Crippen molar-refractivity contribution in [1.82, 2.24) is 5.32 Å². The monoisotopic (exact) mass is 340 g/mol. The van der Waals surface area contributed by atoms with Crippen molar-refractivity contribution in [2.45, 2.75) is 19.2 Å². The highest BCUT2D eigenvalue weighted by Gasteiger charge is 2.30. The van der Waals surface area contributed by atoms with E-state index in [9.17, 15) is 13.2 Å². The van der Waals surface area contributed by atoms with Crippen LogP contribution in [0.4, 0.5) is 18.9 Å². The Hall–Kier alpha value is -0.790. The zero-order valence-corrected chi connectivity index (χ0v) is 12.0. The highest BCUT2D eigenvalue weighted by molar-refractivity contribution is 9.10. The summed E-state index contributed by atoms with van der Waals surface area (Å²) in [6.45, 7) is 3.32. The molecule has 1 aromatic carbocycles. The van der Waals surface area contributed by atoms with Gasteiger partial charge in [-0.25, -0.2) is 0 Å². The first-order valence-electron chi connectivity index (χ1n) is 5.80. The minimum Gasteiger partial charge on any atom is -0.392 e. The molecule has 1 unspecified atom stereocenters. The van der Waals surface area contributed by atoms with Gasteiger partial charge in [0.1, 0.15) is 0 Å². The first-order valence-corrected chi connectivity index (χ1v) is 6.59. The zero-order valence-electron chi connectivity index (χ0n) is 10.4. The van der Waals surface area contributed by atoms with Crippen molar-refractivity contribution in [2.75, 3.05) is 25.0 Å². The SMILES string of the molecule is CC(O)CNCCNc1ccc(C(F)(F)F)cc1Br. The average molecular weight is 341 g/mol. The standard InChI is InChI=1S/C12H16BrF3N2O/c1-8(19)7-17-4-5-18-11-3-2-9(6-10(11)13)12(14,15)16/h2-3,6,8,17-19H,4-5,7H2,1H3. The summed E-state index contributed by atoms with van der Waals surface area (Å²) in [6, 6.07) is 3.48. The van der Waals surface area contributed by atoms with E-state index in [1.807, 2.05) is 0 Å². The van der Waals surface area contributed by atoms with Crippen molar-refractivity contribution in [2.24, 2.45) is 0 Å². The van der Waals surface area contributed by atoms with E-state index in [1.54, 1.807) is 6.92 Å². The van der Waals surface area contributed by atoms with Gasteiger partial charge in [0.15, 0.2) is 0 Å². The van der Waals surface area contributed by atoms with Crippen molar-refractivity contribution < 1.29 is 18.3 Å². The topological polar surface area (TPSA) is 44.3 Å². The molecule has 0 radical (unpaired) electrons. The Morgan fingerprint density at radius 3 is 2.53 bits per heavy atom. The molecule has 0 fully saturated rings. The van der Waals surface area contributed by atoms with Crippen LogP contribution >= 0.6 is 15.9 Å². The molecule has 1 aromatic rings. The molecule has 108 valence electrons. The average Bonchev–Trinajstić information content (AvgIpc) is 2.28. The van der Waals surface area contributed by atoms with Crippen LogP contribution in [0, 0.1) is 0 Å². The maximum absolute atomic E-state index is 12.5. The van der Waals surface area contributed by atoms with Crippen LogP contribution in [0.3, 0.4) is 0 Å². The minimum atomic E-state index is -4.33.